The number of aliphatic hydroxyl groups is 3. The predicted molar refractivity (Wildman–Crippen MR) is 40.0 cm³/mol. The van der Waals surface area contributed by atoms with E-state index in [1.54, 1.807) is 6.92 Å². The molecule has 6 heteroatoms. The van der Waals surface area contributed by atoms with Crippen molar-refractivity contribution in [3.05, 3.63) is 0 Å². The van der Waals surface area contributed by atoms with Gasteiger partial charge in [-0.25, -0.2) is 4.79 Å². The molecule has 0 atom stereocenters. The van der Waals surface area contributed by atoms with E-state index in [9.17, 15) is 0 Å². The van der Waals surface area contributed by atoms with Crippen LogP contribution >= 0.6 is 0 Å². The fourth-order valence-corrected chi connectivity index (χ4v) is 0.150. The minimum atomic E-state index is -1.83. The second kappa shape index (κ2) is 6.84. The Balaban J connectivity index is 0. The van der Waals surface area contributed by atoms with E-state index in [1.807, 2.05) is 0 Å². The lowest BCUT2D eigenvalue weighted by atomic mass is 9.95. The third kappa shape index (κ3) is 9.15. The summed E-state index contributed by atoms with van der Waals surface area (Å²) < 4.78 is 0. The Morgan fingerprint density at radius 2 is 1.25 bits per heavy atom. The maximum atomic E-state index is 8.56. The molecule has 0 heterocycles. The number of carbonyl (C=O) groups is 1. The molecule has 6 nitrogen and oxygen atoms in total. The highest BCUT2D eigenvalue weighted by molar-refractivity contribution is 5.53. The largest absolute Gasteiger partial charge is 0.503 e. The van der Waals surface area contributed by atoms with Gasteiger partial charge in [0.25, 0.3) is 0 Å². The van der Waals surface area contributed by atoms with Crippen LogP contribution in [0.5, 0.6) is 0 Å². The Bertz CT molecular complexity index is 107. The first-order valence-corrected chi connectivity index (χ1v) is 3.16. The molecule has 0 aliphatic rings. The van der Waals surface area contributed by atoms with Gasteiger partial charge in [-0.05, 0) is 0 Å². The lowest BCUT2D eigenvalue weighted by molar-refractivity contribution is 0.0200. The molecule has 0 bridgehead atoms. The van der Waals surface area contributed by atoms with Gasteiger partial charge in [-0.1, -0.05) is 6.92 Å². The van der Waals surface area contributed by atoms with Gasteiger partial charge in [0.05, 0.1) is 19.8 Å². The monoisotopic (exact) mass is 182 g/mol. The molecule has 0 amide bonds. The molecular weight excluding hydrogens is 168 g/mol. The fourth-order valence-electron chi connectivity index (χ4n) is 0.150. The zero-order valence-electron chi connectivity index (χ0n) is 6.77. The standard InChI is InChI=1S/C5H12O3.CH2O3/c1-5(2-6,3-7)4-8;2-1(3)4/h6-8H,2-4H2,1H3;(H2,2,3,4). The Morgan fingerprint density at radius 3 is 1.25 bits per heavy atom. The summed E-state index contributed by atoms with van der Waals surface area (Å²) in [5.74, 6) is 0. The first-order valence-electron chi connectivity index (χ1n) is 3.16. The van der Waals surface area contributed by atoms with Crippen molar-refractivity contribution in [2.24, 2.45) is 5.41 Å². The molecule has 0 radical (unpaired) electrons. The van der Waals surface area contributed by atoms with E-state index in [0.717, 1.165) is 0 Å². The van der Waals surface area contributed by atoms with E-state index in [4.69, 9.17) is 30.3 Å². The van der Waals surface area contributed by atoms with Crippen LogP contribution < -0.4 is 0 Å². The highest BCUT2D eigenvalue weighted by atomic mass is 16.6. The van der Waals surface area contributed by atoms with E-state index in [1.165, 1.54) is 0 Å². The highest BCUT2D eigenvalue weighted by Crippen LogP contribution is 2.10. The molecule has 0 aromatic carbocycles. The molecule has 0 saturated carbocycles. The molecular formula is C6H14O6. The van der Waals surface area contributed by atoms with Gasteiger partial charge in [0.1, 0.15) is 0 Å². The van der Waals surface area contributed by atoms with E-state index in [2.05, 4.69) is 0 Å². The summed E-state index contributed by atoms with van der Waals surface area (Å²) in [5, 5.41) is 39.3. The summed E-state index contributed by atoms with van der Waals surface area (Å²) in [7, 11) is 0. The first kappa shape index (κ1) is 13.7. The molecule has 0 unspecified atom stereocenters. The van der Waals surface area contributed by atoms with Crippen LogP contribution in [0.4, 0.5) is 4.79 Å². The number of hydrogen-bond acceptors (Lipinski definition) is 4. The molecule has 5 N–H and O–H groups in total. The maximum absolute atomic E-state index is 8.56. The van der Waals surface area contributed by atoms with Crippen LogP contribution in [0.1, 0.15) is 6.92 Å². The van der Waals surface area contributed by atoms with Crippen molar-refractivity contribution < 1.29 is 30.3 Å². The van der Waals surface area contributed by atoms with E-state index in [0.29, 0.717) is 0 Å². The van der Waals surface area contributed by atoms with Gasteiger partial charge in [-0.3, -0.25) is 0 Å². The lowest BCUT2D eigenvalue weighted by Gasteiger charge is -2.20. The van der Waals surface area contributed by atoms with Crippen molar-refractivity contribution in [3.8, 4) is 0 Å². The van der Waals surface area contributed by atoms with E-state index >= 15 is 0 Å². The first-order chi connectivity index (χ1) is 5.41. The van der Waals surface area contributed by atoms with Crippen LogP contribution in [0, 0.1) is 5.41 Å². The molecule has 0 aliphatic heterocycles. The average Bonchev–Trinajstić information content (AvgIpc) is 2.02. The number of carboxylic acid groups (broad SMARTS) is 2. The Morgan fingerprint density at radius 1 is 1.08 bits per heavy atom. The maximum Gasteiger partial charge on any atom is 0.503 e. The van der Waals surface area contributed by atoms with Gasteiger partial charge in [0.2, 0.25) is 0 Å². The summed E-state index contributed by atoms with van der Waals surface area (Å²) >= 11 is 0. The van der Waals surface area contributed by atoms with Crippen molar-refractivity contribution in [2.45, 2.75) is 6.92 Å². The Hall–Kier alpha value is -0.850. The molecule has 0 spiro atoms. The average molecular weight is 182 g/mol. The molecule has 0 rings (SSSR count). The van der Waals surface area contributed by atoms with Crippen LogP contribution in [-0.4, -0.2) is 51.5 Å². The highest BCUT2D eigenvalue weighted by Gasteiger charge is 2.20. The van der Waals surface area contributed by atoms with Crippen molar-refractivity contribution in [2.75, 3.05) is 19.8 Å². The molecule has 12 heavy (non-hydrogen) atoms. The normalized spacial score (nSPS) is 10.0. The second-order valence-electron chi connectivity index (χ2n) is 2.57. The molecule has 0 aromatic rings. The molecule has 0 aliphatic carbocycles. The third-order valence-corrected chi connectivity index (χ3v) is 1.15. The summed E-state index contributed by atoms with van der Waals surface area (Å²) in [6, 6.07) is 0. The summed E-state index contributed by atoms with van der Waals surface area (Å²) in [4.78, 5) is 8.56. The summed E-state index contributed by atoms with van der Waals surface area (Å²) in [5.41, 5.74) is -0.708. The SMILES string of the molecule is CC(CO)(CO)CO.O=C(O)O. The van der Waals surface area contributed by atoms with E-state index in [-0.39, 0.29) is 19.8 Å². The van der Waals surface area contributed by atoms with Crippen LogP contribution in [0.25, 0.3) is 0 Å². The smallest absolute Gasteiger partial charge is 0.450 e. The lowest BCUT2D eigenvalue weighted by Crippen LogP contribution is -2.29. The predicted octanol–water partition coefficient (Wildman–Crippen LogP) is -0.808. The van der Waals surface area contributed by atoms with Crippen LogP contribution in [0.3, 0.4) is 0 Å². The van der Waals surface area contributed by atoms with E-state index < -0.39 is 11.6 Å². The molecule has 0 aromatic heterocycles. The second-order valence-corrected chi connectivity index (χ2v) is 2.57. The van der Waals surface area contributed by atoms with Gasteiger partial charge in [0.15, 0.2) is 0 Å². The Labute approximate surface area is 69.7 Å². The number of rotatable bonds is 3. The van der Waals surface area contributed by atoms with Gasteiger partial charge in [-0.2, -0.15) is 0 Å². The molecule has 0 fully saturated rings. The van der Waals surface area contributed by atoms with Crippen LogP contribution in [0.15, 0.2) is 0 Å². The minimum Gasteiger partial charge on any atom is -0.450 e. The van der Waals surface area contributed by atoms with Crippen molar-refractivity contribution in [1.82, 2.24) is 0 Å². The zero-order chi connectivity index (χ0) is 10.2. The van der Waals surface area contributed by atoms with Crippen molar-refractivity contribution in [3.63, 3.8) is 0 Å². The molecule has 74 valence electrons. The zero-order valence-corrected chi connectivity index (χ0v) is 6.77. The van der Waals surface area contributed by atoms with Gasteiger partial charge in [0, 0.05) is 5.41 Å². The van der Waals surface area contributed by atoms with Crippen LogP contribution in [0.2, 0.25) is 0 Å². The van der Waals surface area contributed by atoms with Crippen molar-refractivity contribution in [1.29, 1.82) is 0 Å². The Kier molecular flexibility index (Phi) is 7.82. The quantitative estimate of drug-likeness (QED) is 0.389. The van der Waals surface area contributed by atoms with Gasteiger partial charge >= 0.3 is 6.16 Å². The number of hydrogen-bond donors (Lipinski definition) is 5. The summed E-state index contributed by atoms with van der Waals surface area (Å²) in [6.45, 7) is 1.06. The molecule has 0 saturated heterocycles. The van der Waals surface area contributed by atoms with Crippen LogP contribution in [-0.2, 0) is 0 Å². The third-order valence-electron chi connectivity index (χ3n) is 1.15. The fraction of sp³-hybridized carbons (Fsp3) is 0.833. The summed E-state index contributed by atoms with van der Waals surface area (Å²) in [6.07, 6.45) is -1.83. The van der Waals surface area contributed by atoms with Gasteiger partial charge in [-0.15, -0.1) is 0 Å². The number of aliphatic hydroxyl groups excluding tert-OH is 3. The van der Waals surface area contributed by atoms with Crippen molar-refractivity contribution >= 4 is 6.16 Å². The topological polar surface area (TPSA) is 118 Å². The van der Waals surface area contributed by atoms with Gasteiger partial charge < -0.3 is 25.5 Å². The minimum absolute atomic E-state index is 0.181.